The first-order valence-electron chi connectivity index (χ1n) is 6.38. The largest absolute Gasteiger partial charge is 0.382 e. The van der Waals surface area contributed by atoms with E-state index in [1.54, 1.807) is 7.11 Å². The van der Waals surface area contributed by atoms with Crippen molar-refractivity contribution in [1.82, 2.24) is 9.97 Å². The molecular formula is C13H21BrN2O2S. The van der Waals surface area contributed by atoms with Crippen LogP contribution >= 0.6 is 28.1 Å². The van der Waals surface area contributed by atoms with Gasteiger partial charge in [0.15, 0.2) is 0 Å². The van der Waals surface area contributed by atoms with Crippen LogP contribution in [-0.2, 0) is 22.3 Å². The molecule has 0 aliphatic heterocycles. The molecule has 1 aromatic rings. The first-order valence-corrected chi connectivity index (χ1v) is 7.59. The SMILES string of the molecule is COCCOCCc1nc(=S)c(Br)c(CC(C)C)[nH]1. The quantitative estimate of drug-likeness (QED) is 0.578. The van der Waals surface area contributed by atoms with Crippen molar-refractivity contribution in [3.05, 3.63) is 20.6 Å². The zero-order valence-electron chi connectivity index (χ0n) is 11.7. The molecule has 108 valence electrons. The molecule has 4 nitrogen and oxygen atoms in total. The Morgan fingerprint density at radius 1 is 1.32 bits per heavy atom. The van der Waals surface area contributed by atoms with E-state index >= 15 is 0 Å². The Morgan fingerprint density at radius 2 is 2.05 bits per heavy atom. The number of ether oxygens (including phenoxy) is 2. The Kier molecular flexibility index (Phi) is 7.75. The summed E-state index contributed by atoms with van der Waals surface area (Å²) in [5.74, 6) is 1.44. The van der Waals surface area contributed by atoms with Crippen LogP contribution in [0.25, 0.3) is 0 Å². The highest BCUT2D eigenvalue weighted by molar-refractivity contribution is 9.10. The second kappa shape index (κ2) is 8.79. The molecule has 1 heterocycles. The lowest BCUT2D eigenvalue weighted by atomic mass is 10.1. The topological polar surface area (TPSA) is 47.1 Å². The van der Waals surface area contributed by atoms with Gasteiger partial charge in [-0.05, 0) is 28.3 Å². The summed E-state index contributed by atoms with van der Waals surface area (Å²) in [6, 6.07) is 0. The van der Waals surface area contributed by atoms with E-state index in [2.05, 4.69) is 39.7 Å². The van der Waals surface area contributed by atoms with Crippen molar-refractivity contribution < 1.29 is 9.47 Å². The van der Waals surface area contributed by atoms with Crippen LogP contribution in [0.3, 0.4) is 0 Å². The molecule has 19 heavy (non-hydrogen) atoms. The minimum atomic E-state index is 0.565. The molecule has 0 unspecified atom stereocenters. The first-order chi connectivity index (χ1) is 9.04. The summed E-state index contributed by atoms with van der Waals surface area (Å²) in [7, 11) is 1.66. The van der Waals surface area contributed by atoms with Crippen LogP contribution in [0, 0.1) is 10.6 Å². The van der Waals surface area contributed by atoms with Crippen LogP contribution in [0.2, 0.25) is 0 Å². The van der Waals surface area contributed by atoms with E-state index in [-0.39, 0.29) is 0 Å². The Hall–Kier alpha value is -0.300. The van der Waals surface area contributed by atoms with Gasteiger partial charge in [-0.2, -0.15) is 0 Å². The summed E-state index contributed by atoms with van der Waals surface area (Å²) in [5, 5.41) is 0. The number of aromatic amines is 1. The summed E-state index contributed by atoms with van der Waals surface area (Å²) < 4.78 is 11.9. The fourth-order valence-corrected chi connectivity index (χ4v) is 2.22. The summed E-state index contributed by atoms with van der Waals surface area (Å²) >= 11 is 8.76. The Labute approximate surface area is 128 Å². The summed E-state index contributed by atoms with van der Waals surface area (Å²) in [4.78, 5) is 7.70. The molecular weight excluding hydrogens is 328 g/mol. The third kappa shape index (κ3) is 6.12. The summed E-state index contributed by atoms with van der Waals surface area (Å²) in [5.41, 5.74) is 1.11. The normalized spacial score (nSPS) is 11.2. The van der Waals surface area contributed by atoms with Crippen LogP contribution in [0.4, 0.5) is 0 Å². The smallest absolute Gasteiger partial charge is 0.144 e. The number of nitrogens with zero attached hydrogens (tertiary/aromatic N) is 1. The van der Waals surface area contributed by atoms with Crippen LogP contribution in [-0.4, -0.2) is 36.9 Å². The number of halogens is 1. The lowest BCUT2D eigenvalue weighted by Crippen LogP contribution is -2.09. The van der Waals surface area contributed by atoms with Gasteiger partial charge in [0.25, 0.3) is 0 Å². The van der Waals surface area contributed by atoms with Gasteiger partial charge in [-0.1, -0.05) is 26.1 Å². The van der Waals surface area contributed by atoms with Gasteiger partial charge in [0.2, 0.25) is 0 Å². The van der Waals surface area contributed by atoms with Crippen LogP contribution in [0.5, 0.6) is 0 Å². The Bertz CT molecular complexity index is 449. The lowest BCUT2D eigenvalue weighted by molar-refractivity contribution is 0.0716. The van der Waals surface area contributed by atoms with Crippen molar-refractivity contribution >= 4 is 28.1 Å². The van der Waals surface area contributed by atoms with Crippen molar-refractivity contribution in [3.63, 3.8) is 0 Å². The van der Waals surface area contributed by atoms with Crippen molar-refractivity contribution in [3.8, 4) is 0 Å². The predicted octanol–water partition coefficient (Wildman–Crippen LogP) is 3.31. The molecule has 0 amide bonds. The fraction of sp³-hybridized carbons (Fsp3) is 0.692. The molecule has 0 aliphatic carbocycles. The molecule has 1 aromatic heterocycles. The minimum absolute atomic E-state index is 0.565. The van der Waals surface area contributed by atoms with Gasteiger partial charge in [-0.3, -0.25) is 0 Å². The monoisotopic (exact) mass is 348 g/mol. The second-order valence-electron chi connectivity index (χ2n) is 4.73. The van der Waals surface area contributed by atoms with E-state index in [0.717, 1.165) is 28.8 Å². The van der Waals surface area contributed by atoms with Gasteiger partial charge in [-0.25, -0.2) is 4.98 Å². The van der Waals surface area contributed by atoms with E-state index in [9.17, 15) is 0 Å². The maximum absolute atomic E-state index is 5.44. The molecule has 0 saturated heterocycles. The van der Waals surface area contributed by atoms with Crippen molar-refractivity contribution in [2.24, 2.45) is 5.92 Å². The lowest BCUT2D eigenvalue weighted by Gasteiger charge is -2.10. The minimum Gasteiger partial charge on any atom is -0.382 e. The molecule has 0 fully saturated rings. The third-order valence-corrected chi connectivity index (χ3v) is 3.92. The molecule has 0 aliphatic rings. The van der Waals surface area contributed by atoms with Crippen molar-refractivity contribution in [2.75, 3.05) is 26.9 Å². The highest BCUT2D eigenvalue weighted by atomic mass is 79.9. The molecule has 0 saturated carbocycles. The maximum atomic E-state index is 5.44. The van der Waals surface area contributed by atoms with E-state index in [1.165, 1.54) is 0 Å². The zero-order valence-corrected chi connectivity index (χ0v) is 14.1. The number of nitrogens with one attached hydrogen (secondary N) is 1. The van der Waals surface area contributed by atoms with E-state index in [1.807, 2.05) is 0 Å². The molecule has 0 spiro atoms. The Balaban J connectivity index is 2.63. The predicted molar refractivity (Wildman–Crippen MR) is 82.1 cm³/mol. The van der Waals surface area contributed by atoms with Crippen LogP contribution in [0.15, 0.2) is 4.47 Å². The van der Waals surface area contributed by atoms with E-state index < -0.39 is 0 Å². The molecule has 0 bridgehead atoms. The van der Waals surface area contributed by atoms with Crippen molar-refractivity contribution in [1.29, 1.82) is 0 Å². The maximum Gasteiger partial charge on any atom is 0.144 e. The first kappa shape index (κ1) is 16.8. The van der Waals surface area contributed by atoms with Crippen LogP contribution < -0.4 is 0 Å². The average molecular weight is 349 g/mol. The average Bonchev–Trinajstić information content (AvgIpc) is 2.34. The fourth-order valence-electron chi connectivity index (χ4n) is 1.64. The zero-order chi connectivity index (χ0) is 14.3. The molecule has 1 N–H and O–H groups in total. The van der Waals surface area contributed by atoms with E-state index in [0.29, 0.717) is 30.4 Å². The number of aromatic nitrogens is 2. The van der Waals surface area contributed by atoms with Gasteiger partial charge >= 0.3 is 0 Å². The molecule has 0 radical (unpaired) electrons. The number of methoxy groups -OCH3 is 1. The number of hydrogen-bond acceptors (Lipinski definition) is 4. The van der Waals surface area contributed by atoms with Gasteiger partial charge in [0.1, 0.15) is 10.5 Å². The highest BCUT2D eigenvalue weighted by Crippen LogP contribution is 2.19. The number of hydrogen-bond donors (Lipinski definition) is 1. The van der Waals surface area contributed by atoms with Crippen LogP contribution in [0.1, 0.15) is 25.4 Å². The van der Waals surface area contributed by atoms with Gasteiger partial charge < -0.3 is 14.5 Å². The number of rotatable bonds is 8. The molecule has 0 aromatic carbocycles. The van der Waals surface area contributed by atoms with Gasteiger partial charge in [0.05, 0.1) is 24.3 Å². The van der Waals surface area contributed by atoms with E-state index in [4.69, 9.17) is 21.7 Å². The third-order valence-electron chi connectivity index (χ3n) is 2.51. The Morgan fingerprint density at radius 3 is 2.68 bits per heavy atom. The molecule has 6 heteroatoms. The van der Waals surface area contributed by atoms with Gasteiger partial charge in [-0.15, -0.1) is 0 Å². The molecule has 0 atom stereocenters. The van der Waals surface area contributed by atoms with Gasteiger partial charge in [0, 0.05) is 19.2 Å². The standard InChI is InChI=1S/C13H21BrN2O2S/c1-9(2)8-10-12(14)13(19)16-11(15-10)4-5-18-7-6-17-3/h9H,4-8H2,1-3H3,(H,15,16,19). The summed E-state index contributed by atoms with van der Waals surface area (Å²) in [6.07, 6.45) is 1.68. The highest BCUT2D eigenvalue weighted by Gasteiger charge is 2.08. The second-order valence-corrected chi connectivity index (χ2v) is 5.91. The number of H-pyrrole nitrogens is 1. The molecule has 1 rings (SSSR count). The van der Waals surface area contributed by atoms with Crippen molar-refractivity contribution in [2.45, 2.75) is 26.7 Å². The summed E-state index contributed by atoms with van der Waals surface area (Å²) in [6.45, 7) is 6.19.